The fourth-order valence-corrected chi connectivity index (χ4v) is 4.00. The molecule has 0 saturated heterocycles. The van der Waals surface area contributed by atoms with E-state index >= 15 is 0 Å². The molecule has 0 spiro atoms. The lowest BCUT2D eigenvalue weighted by Gasteiger charge is -2.16. The van der Waals surface area contributed by atoms with Gasteiger partial charge in [-0.2, -0.15) is 0 Å². The van der Waals surface area contributed by atoms with E-state index in [0.717, 1.165) is 0 Å². The Hall–Kier alpha value is -1.89. The highest BCUT2D eigenvalue weighted by Crippen LogP contribution is 2.27. The molecule has 7 heteroatoms. The van der Waals surface area contributed by atoms with Crippen LogP contribution in [0.5, 0.6) is 0 Å². The number of amides is 1. The lowest BCUT2D eigenvalue weighted by atomic mass is 10.1. The van der Waals surface area contributed by atoms with E-state index in [9.17, 15) is 18.0 Å². The molecule has 0 bridgehead atoms. The van der Waals surface area contributed by atoms with Gasteiger partial charge in [-0.05, 0) is 45.2 Å². The van der Waals surface area contributed by atoms with Crippen LogP contribution in [-0.4, -0.2) is 36.7 Å². The van der Waals surface area contributed by atoms with Crippen LogP contribution in [0.25, 0.3) is 0 Å². The third kappa shape index (κ3) is 3.72. The molecule has 0 radical (unpaired) electrons. The number of nitrogens with one attached hydrogen (secondary N) is 1. The van der Waals surface area contributed by atoms with Gasteiger partial charge in [0.05, 0.1) is 21.6 Å². The summed E-state index contributed by atoms with van der Waals surface area (Å²) in [6, 6.07) is 5.87. The monoisotopic (exact) mass is 339 g/mol. The summed E-state index contributed by atoms with van der Waals surface area (Å²) >= 11 is 0. The van der Waals surface area contributed by atoms with Crippen molar-refractivity contribution in [3.63, 3.8) is 0 Å². The second-order valence-electron chi connectivity index (χ2n) is 6.11. The first-order chi connectivity index (χ1) is 10.7. The predicted octanol–water partition coefficient (Wildman–Crippen LogP) is 1.85. The molecule has 0 aliphatic heterocycles. The van der Waals surface area contributed by atoms with Gasteiger partial charge in [0.1, 0.15) is 0 Å². The number of rotatable bonds is 5. The Morgan fingerprint density at radius 1 is 1.22 bits per heavy atom. The first-order valence-corrected chi connectivity index (χ1v) is 9.14. The molecule has 126 valence electrons. The third-order valence-electron chi connectivity index (χ3n) is 4.18. The van der Waals surface area contributed by atoms with Crippen LogP contribution in [0.2, 0.25) is 0 Å². The summed E-state index contributed by atoms with van der Waals surface area (Å²) in [5.41, 5.74) is 0.111. The summed E-state index contributed by atoms with van der Waals surface area (Å²) in [7, 11) is -3.57. The normalized spacial score (nSPS) is 21.3. The van der Waals surface area contributed by atoms with Crippen molar-refractivity contribution in [2.24, 2.45) is 5.92 Å². The molecule has 2 N–H and O–H groups in total. The zero-order chi connectivity index (χ0) is 17.2. The highest BCUT2D eigenvalue weighted by atomic mass is 32.2. The van der Waals surface area contributed by atoms with Crippen LogP contribution in [0.15, 0.2) is 29.2 Å². The fraction of sp³-hybridized carbons (Fsp3) is 0.500. The molecule has 1 aliphatic rings. The van der Waals surface area contributed by atoms with Crippen LogP contribution in [-0.2, 0) is 14.6 Å². The van der Waals surface area contributed by atoms with E-state index in [0.29, 0.717) is 19.3 Å². The van der Waals surface area contributed by atoms with Crippen LogP contribution in [0.1, 0.15) is 43.5 Å². The SMILES string of the molecule is CC(C)S(=O)(=O)c1ccccc1C(=O)N[C@@H]1CC[C@H](C(=O)O)C1. The number of carbonyl (C=O) groups excluding carboxylic acids is 1. The summed E-state index contributed by atoms with van der Waals surface area (Å²) in [4.78, 5) is 23.4. The molecule has 2 rings (SSSR count). The molecule has 1 amide bonds. The number of carboxylic acid groups (broad SMARTS) is 1. The van der Waals surface area contributed by atoms with E-state index in [-0.39, 0.29) is 16.5 Å². The standard InChI is InChI=1S/C16H21NO5S/c1-10(2)23(21,22)14-6-4-3-5-13(14)15(18)17-12-8-7-11(9-12)16(19)20/h3-6,10-12H,7-9H2,1-2H3,(H,17,18)(H,19,20)/t11-,12+/m0/s1. The number of hydrogen-bond donors (Lipinski definition) is 2. The summed E-state index contributed by atoms with van der Waals surface area (Å²) in [5.74, 6) is -1.78. The lowest BCUT2D eigenvalue weighted by molar-refractivity contribution is -0.141. The van der Waals surface area contributed by atoms with Crippen molar-refractivity contribution in [1.82, 2.24) is 5.32 Å². The van der Waals surface area contributed by atoms with E-state index < -0.39 is 32.9 Å². The van der Waals surface area contributed by atoms with Crippen molar-refractivity contribution in [2.75, 3.05) is 0 Å². The van der Waals surface area contributed by atoms with Gasteiger partial charge in [0, 0.05) is 6.04 Å². The summed E-state index contributed by atoms with van der Waals surface area (Å²) in [6.07, 6.45) is 1.48. The van der Waals surface area contributed by atoms with Gasteiger partial charge in [-0.15, -0.1) is 0 Å². The first-order valence-electron chi connectivity index (χ1n) is 7.60. The van der Waals surface area contributed by atoms with E-state index in [1.807, 2.05) is 0 Å². The minimum atomic E-state index is -3.57. The zero-order valence-electron chi connectivity index (χ0n) is 13.2. The molecule has 1 saturated carbocycles. The Labute approximate surface area is 135 Å². The van der Waals surface area contributed by atoms with Gasteiger partial charge in [0.2, 0.25) is 0 Å². The van der Waals surface area contributed by atoms with Gasteiger partial charge >= 0.3 is 5.97 Å². The van der Waals surface area contributed by atoms with Crippen molar-refractivity contribution < 1.29 is 23.1 Å². The van der Waals surface area contributed by atoms with Gasteiger partial charge in [-0.25, -0.2) is 8.42 Å². The number of carboxylic acids is 1. The highest BCUT2D eigenvalue weighted by molar-refractivity contribution is 7.92. The smallest absolute Gasteiger partial charge is 0.306 e. The minimum Gasteiger partial charge on any atom is -0.481 e. The van der Waals surface area contributed by atoms with Crippen LogP contribution in [0.3, 0.4) is 0 Å². The Morgan fingerprint density at radius 2 is 1.87 bits per heavy atom. The molecule has 1 aromatic carbocycles. The van der Waals surface area contributed by atoms with Gasteiger partial charge in [0.25, 0.3) is 5.91 Å². The topological polar surface area (TPSA) is 101 Å². The second kappa shape index (κ2) is 6.70. The van der Waals surface area contributed by atoms with E-state index in [1.165, 1.54) is 12.1 Å². The second-order valence-corrected chi connectivity index (χ2v) is 8.58. The van der Waals surface area contributed by atoms with Crippen molar-refractivity contribution in [1.29, 1.82) is 0 Å². The summed E-state index contributed by atoms with van der Waals surface area (Å²) in [5, 5.41) is 11.1. The minimum absolute atomic E-state index is 0.0141. The Morgan fingerprint density at radius 3 is 2.43 bits per heavy atom. The van der Waals surface area contributed by atoms with Crippen LogP contribution >= 0.6 is 0 Å². The largest absolute Gasteiger partial charge is 0.481 e. The molecule has 1 aliphatic carbocycles. The Bertz CT molecular complexity index is 711. The average Bonchev–Trinajstić information content (AvgIpc) is 2.95. The molecule has 0 heterocycles. The van der Waals surface area contributed by atoms with E-state index in [4.69, 9.17) is 5.11 Å². The van der Waals surface area contributed by atoms with Gasteiger partial charge in [-0.1, -0.05) is 12.1 Å². The number of hydrogen-bond acceptors (Lipinski definition) is 4. The Balaban J connectivity index is 2.20. The summed E-state index contributed by atoms with van der Waals surface area (Å²) in [6.45, 7) is 3.14. The molecule has 6 nitrogen and oxygen atoms in total. The quantitative estimate of drug-likeness (QED) is 0.852. The maximum atomic E-state index is 12.4. The molecule has 0 aromatic heterocycles. The molecule has 1 aromatic rings. The van der Waals surface area contributed by atoms with Crippen LogP contribution in [0, 0.1) is 5.92 Å². The van der Waals surface area contributed by atoms with Crippen LogP contribution < -0.4 is 5.32 Å². The summed E-state index contributed by atoms with van der Waals surface area (Å²) < 4.78 is 24.8. The highest BCUT2D eigenvalue weighted by Gasteiger charge is 2.32. The van der Waals surface area contributed by atoms with Crippen molar-refractivity contribution >= 4 is 21.7 Å². The van der Waals surface area contributed by atoms with Crippen molar-refractivity contribution in [2.45, 2.75) is 49.3 Å². The molecular formula is C16H21NO5S. The molecule has 23 heavy (non-hydrogen) atoms. The first kappa shape index (κ1) is 17.5. The van der Waals surface area contributed by atoms with Gasteiger partial charge in [-0.3, -0.25) is 9.59 Å². The van der Waals surface area contributed by atoms with Crippen molar-refractivity contribution in [3.8, 4) is 0 Å². The maximum absolute atomic E-state index is 12.4. The molecule has 2 atom stereocenters. The average molecular weight is 339 g/mol. The third-order valence-corrected chi connectivity index (χ3v) is 6.39. The zero-order valence-corrected chi connectivity index (χ0v) is 14.0. The number of aliphatic carboxylic acids is 1. The number of benzene rings is 1. The fourth-order valence-electron chi connectivity index (χ4n) is 2.76. The van der Waals surface area contributed by atoms with Crippen LogP contribution in [0.4, 0.5) is 0 Å². The number of carbonyl (C=O) groups is 2. The number of sulfone groups is 1. The van der Waals surface area contributed by atoms with Crippen molar-refractivity contribution in [3.05, 3.63) is 29.8 Å². The van der Waals surface area contributed by atoms with E-state index in [1.54, 1.807) is 26.0 Å². The van der Waals surface area contributed by atoms with Gasteiger partial charge < -0.3 is 10.4 Å². The molecular weight excluding hydrogens is 318 g/mol. The van der Waals surface area contributed by atoms with E-state index in [2.05, 4.69) is 5.32 Å². The maximum Gasteiger partial charge on any atom is 0.306 e. The Kier molecular flexibility index (Phi) is 5.09. The molecule has 0 unspecified atom stereocenters. The van der Waals surface area contributed by atoms with Gasteiger partial charge in [0.15, 0.2) is 9.84 Å². The predicted molar refractivity (Wildman–Crippen MR) is 85.0 cm³/mol. The molecule has 1 fully saturated rings. The lowest BCUT2D eigenvalue weighted by Crippen LogP contribution is -2.34.